The first-order chi connectivity index (χ1) is 7.69. The second-order valence-corrected chi connectivity index (χ2v) is 3.79. The van der Waals surface area contributed by atoms with Gasteiger partial charge in [0.15, 0.2) is 10.3 Å². The van der Waals surface area contributed by atoms with E-state index in [-0.39, 0.29) is 16.9 Å². The Bertz CT molecular complexity index is 339. The highest BCUT2D eigenvalue weighted by atomic mass is 35.5. The van der Waals surface area contributed by atoms with Crippen molar-refractivity contribution < 1.29 is 9.84 Å². The van der Waals surface area contributed by atoms with Crippen LogP contribution in [0.5, 0.6) is 0 Å². The van der Waals surface area contributed by atoms with E-state index in [1.54, 1.807) is 13.2 Å². The summed E-state index contributed by atoms with van der Waals surface area (Å²) in [5, 5.41) is 16.8. The first-order valence-electron chi connectivity index (χ1n) is 4.72. The maximum absolute atomic E-state index is 8.96. The number of anilines is 1. The summed E-state index contributed by atoms with van der Waals surface area (Å²) in [6.45, 7) is 1.57. The zero-order valence-electron chi connectivity index (χ0n) is 8.86. The lowest BCUT2D eigenvalue weighted by Gasteiger charge is -2.23. The van der Waals surface area contributed by atoms with Crippen LogP contribution in [0.2, 0.25) is 10.3 Å². The molecule has 0 saturated carbocycles. The minimum atomic E-state index is 0.0139. The summed E-state index contributed by atoms with van der Waals surface area (Å²) >= 11 is 11.7. The number of nitrogens with zero attached hydrogens (tertiary/aromatic N) is 3. The highest BCUT2D eigenvalue weighted by Gasteiger charge is 2.12. The number of halogens is 2. The van der Waals surface area contributed by atoms with E-state index in [2.05, 4.69) is 10.2 Å². The van der Waals surface area contributed by atoms with E-state index in [9.17, 15) is 0 Å². The van der Waals surface area contributed by atoms with Gasteiger partial charge in [-0.1, -0.05) is 23.2 Å². The third kappa shape index (κ3) is 3.75. The molecule has 0 aliphatic carbocycles. The maximum Gasteiger partial charge on any atom is 0.175 e. The van der Waals surface area contributed by atoms with Gasteiger partial charge in [-0.3, -0.25) is 0 Å². The monoisotopic (exact) mass is 265 g/mol. The molecule has 0 spiro atoms. The predicted octanol–water partition coefficient (Wildman–Crippen LogP) is 1.23. The molecule has 5 nitrogen and oxygen atoms in total. The van der Waals surface area contributed by atoms with Crippen LogP contribution in [0, 0.1) is 0 Å². The molecule has 0 bridgehead atoms. The second-order valence-electron chi connectivity index (χ2n) is 3.05. The zero-order valence-corrected chi connectivity index (χ0v) is 10.4. The Balaban J connectivity index is 2.85. The van der Waals surface area contributed by atoms with Crippen molar-refractivity contribution >= 4 is 28.9 Å². The van der Waals surface area contributed by atoms with Gasteiger partial charge in [0.25, 0.3) is 0 Å². The van der Waals surface area contributed by atoms with Crippen molar-refractivity contribution in [2.45, 2.75) is 0 Å². The number of aliphatic hydroxyl groups excluding tert-OH is 1. The van der Waals surface area contributed by atoms with E-state index >= 15 is 0 Å². The van der Waals surface area contributed by atoms with Gasteiger partial charge in [-0.15, -0.1) is 10.2 Å². The number of aromatic nitrogens is 2. The Kier molecular flexibility index (Phi) is 5.76. The number of ether oxygens (including phenoxy) is 1. The van der Waals surface area contributed by atoms with Crippen molar-refractivity contribution in [3.8, 4) is 0 Å². The van der Waals surface area contributed by atoms with Crippen molar-refractivity contribution in [3.63, 3.8) is 0 Å². The van der Waals surface area contributed by atoms with Crippen molar-refractivity contribution in [2.24, 2.45) is 0 Å². The highest BCUT2D eigenvalue weighted by molar-refractivity contribution is 6.33. The first kappa shape index (κ1) is 13.4. The van der Waals surface area contributed by atoms with Gasteiger partial charge in [0, 0.05) is 26.3 Å². The average molecular weight is 266 g/mol. The van der Waals surface area contributed by atoms with Gasteiger partial charge in [0.05, 0.1) is 18.9 Å². The Morgan fingerprint density at radius 3 is 2.75 bits per heavy atom. The van der Waals surface area contributed by atoms with Gasteiger partial charge in [-0.2, -0.15) is 0 Å². The fourth-order valence-corrected chi connectivity index (χ4v) is 1.59. The van der Waals surface area contributed by atoms with Crippen molar-refractivity contribution in [3.05, 3.63) is 16.4 Å². The molecule has 0 unspecified atom stereocenters. The van der Waals surface area contributed by atoms with E-state index in [0.717, 1.165) is 0 Å². The Morgan fingerprint density at radius 2 is 2.12 bits per heavy atom. The van der Waals surface area contributed by atoms with Gasteiger partial charge in [-0.05, 0) is 0 Å². The topological polar surface area (TPSA) is 58.5 Å². The molecule has 0 fully saturated rings. The highest BCUT2D eigenvalue weighted by Crippen LogP contribution is 2.24. The van der Waals surface area contributed by atoms with Crippen LogP contribution < -0.4 is 4.90 Å². The van der Waals surface area contributed by atoms with Crippen molar-refractivity contribution in [1.82, 2.24) is 10.2 Å². The molecule has 0 amide bonds. The Labute approximate surface area is 104 Å². The van der Waals surface area contributed by atoms with Crippen molar-refractivity contribution in [1.29, 1.82) is 0 Å². The maximum atomic E-state index is 8.96. The van der Waals surface area contributed by atoms with Crippen LogP contribution in [0.15, 0.2) is 6.07 Å². The molecular weight excluding hydrogens is 253 g/mol. The summed E-state index contributed by atoms with van der Waals surface area (Å²) in [5.41, 5.74) is 0.646. The van der Waals surface area contributed by atoms with Crippen LogP contribution in [0.4, 0.5) is 5.69 Å². The molecule has 0 saturated heterocycles. The fourth-order valence-electron chi connectivity index (χ4n) is 1.24. The van der Waals surface area contributed by atoms with Crippen LogP contribution in [0.3, 0.4) is 0 Å². The fraction of sp³-hybridized carbons (Fsp3) is 0.556. The molecule has 7 heteroatoms. The third-order valence-corrected chi connectivity index (χ3v) is 2.43. The molecule has 90 valence electrons. The van der Waals surface area contributed by atoms with E-state index < -0.39 is 0 Å². The van der Waals surface area contributed by atoms with E-state index in [1.165, 1.54) is 0 Å². The first-order valence-corrected chi connectivity index (χ1v) is 5.48. The Morgan fingerprint density at radius 1 is 1.38 bits per heavy atom. The minimum absolute atomic E-state index is 0.0139. The van der Waals surface area contributed by atoms with Crippen molar-refractivity contribution in [2.75, 3.05) is 38.3 Å². The molecular formula is C9H13Cl2N3O2. The van der Waals surface area contributed by atoms with E-state index in [0.29, 0.717) is 25.4 Å². The molecule has 0 aliphatic rings. The summed E-state index contributed by atoms with van der Waals surface area (Å²) in [6.07, 6.45) is 0. The molecule has 0 aliphatic heterocycles. The lowest BCUT2D eigenvalue weighted by atomic mass is 10.4. The van der Waals surface area contributed by atoms with Crippen LogP contribution in [-0.2, 0) is 4.74 Å². The van der Waals surface area contributed by atoms with Gasteiger partial charge in [0.1, 0.15) is 0 Å². The lowest BCUT2D eigenvalue weighted by Crippen LogP contribution is -2.30. The van der Waals surface area contributed by atoms with E-state index in [4.69, 9.17) is 33.0 Å². The minimum Gasteiger partial charge on any atom is -0.395 e. The van der Waals surface area contributed by atoms with Crippen LogP contribution >= 0.6 is 23.2 Å². The normalized spacial score (nSPS) is 10.5. The number of methoxy groups -OCH3 is 1. The van der Waals surface area contributed by atoms with Crippen LogP contribution in [-0.4, -0.2) is 48.7 Å². The molecule has 16 heavy (non-hydrogen) atoms. The van der Waals surface area contributed by atoms with Gasteiger partial charge < -0.3 is 14.7 Å². The zero-order chi connectivity index (χ0) is 12.0. The molecule has 1 aromatic rings. The number of aliphatic hydroxyl groups is 1. The summed E-state index contributed by atoms with van der Waals surface area (Å²) in [4.78, 5) is 1.84. The number of hydrogen-bond acceptors (Lipinski definition) is 5. The summed E-state index contributed by atoms with van der Waals surface area (Å²) in [6, 6.07) is 1.61. The van der Waals surface area contributed by atoms with Gasteiger partial charge >= 0.3 is 0 Å². The summed E-state index contributed by atoms with van der Waals surface area (Å²) in [5.74, 6) is 0. The molecule has 1 heterocycles. The molecule has 0 aromatic carbocycles. The summed E-state index contributed by atoms with van der Waals surface area (Å²) < 4.78 is 4.97. The smallest absolute Gasteiger partial charge is 0.175 e. The molecule has 0 radical (unpaired) electrons. The SMILES string of the molecule is COCCN(CCO)c1cc(Cl)nnc1Cl. The summed E-state index contributed by atoms with van der Waals surface area (Å²) in [7, 11) is 1.61. The van der Waals surface area contributed by atoms with Gasteiger partial charge in [-0.25, -0.2) is 0 Å². The number of rotatable bonds is 6. The molecule has 1 aromatic heterocycles. The standard InChI is InChI=1S/C9H13Cl2N3O2/c1-16-5-3-14(2-4-15)7-6-8(10)12-13-9(7)11/h6,15H,2-5H2,1H3. The van der Waals surface area contributed by atoms with E-state index in [1.807, 2.05) is 4.90 Å². The quantitative estimate of drug-likeness (QED) is 0.839. The largest absolute Gasteiger partial charge is 0.395 e. The lowest BCUT2D eigenvalue weighted by molar-refractivity contribution is 0.203. The van der Waals surface area contributed by atoms with Crippen LogP contribution in [0.1, 0.15) is 0 Å². The Hall–Kier alpha value is -0.620. The van der Waals surface area contributed by atoms with Gasteiger partial charge in [0.2, 0.25) is 0 Å². The molecule has 1 N–H and O–H groups in total. The molecule has 0 atom stereocenters. The third-order valence-electron chi connectivity index (χ3n) is 1.98. The second kappa shape index (κ2) is 6.85. The molecule has 1 rings (SSSR count). The predicted molar refractivity (Wildman–Crippen MR) is 63.2 cm³/mol. The van der Waals surface area contributed by atoms with Crippen LogP contribution in [0.25, 0.3) is 0 Å². The average Bonchev–Trinajstić information content (AvgIpc) is 2.28. The number of hydrogen-bond donors (Lipinski definition) is 1.